The first-order valence-corrected chi connectivity index (χ1v) is 6.41. The molecule has 1 aliphatic heterocycles. The lowest BCUT2D eigenvalue weighted by Gasteiger charge is -2.06. The van der Waals surface area contributed by atoms with Gasteiger partial charge in [-0.25, -0.2) is 4.79 Å². The second-order valence-electron chi connectivity index (χ2n) is 3.86. The fraction of sp³-hybridized carbons (Fsp3) is 0.308. The lowest BCUT2D eigenvalue weighted by Crippen LogP contribution is -2.16. The number of carbonyl (C=O) groups is 1. The molecule has 0 spiro atoms. The Hall–Kier alpha value is -1.29. The summed E-state index contributed by atoms with van der Waals surface area (Å²) >= 11 is 3.38. The van der Waals surface area contributed by atoms with Crippen molar-refractivity contribution < 1.29 is 9.53 Å². The van der Waals surface area contributed by atoms with E-state index in [0.29, 0.717) is 12.2 Å². The van der Waals surface area contributed by atoms with E-state index in [-0.39, 0.29) is 5.97 Å². The molecule has 4 heteroatoms. The number of hydrogen-bond acceptors (Lipinski definition) is 3. The zero-order chi connectivity index (χ0) is 12.3. The minimum Gasteiger partial charge on any atom is -0.456 e. The first kappa shape index (κ1) is 12.2. The number of halogens is 1. The lowest BCUT2D eigenvalue weighted by atomic mass is 10.1. The van der Waals surface area contributed by atoms with Crippen LogP contribution in [0.3, 0.4) is 0 Å². The number of nitrogens with one attached hydrogen (secondary N) is 1. The van der Waals surface area contributed by atoms with E-state index in [1.807, 2.05) is 24.3 Å². The Balaban J connectivity index is 2.31. The van der Waals surface area contributed by atoms with Crippen LogP contribution in [0.25, 0.3) is 5.57 Å². The maximum Gasteiger partial charge on any atom is 0.341 e. The minimum atomic E-state index is -0.245. The van der Waals surface area contributed by atoms with Gasteiger partial charge >= 0.3 is 5.97 Å². The van der Waals surface area contributed by atoms with Crippen LogP contribution in [0.1, 0.15) is 18.9 Å². The number of hydrogen-bond donors (Lipinski definition) is 1. The van der Waals surface area contributed by atoms with Gasteiger partial charge in [0, 0.05) is 11.0 Å². The Morgan fingerprint density at radius 3 is 2.71 bits per heavy atom. The van der Waals surface area contributed by atoms with Crippen LogP contribution in [0.4, 0.5) is 0 Å². The highest BCUT2D eigenvalue weighted by atomic mass is 79.9. The summed E-state index contributed by atoms with van der Waals surface area (Å²) in [5, 5.41) is 3.25. The monoisotopic (exact) mass is 295 g/mol. The number of ether oxygens (including phenoxy) is 1. The van der Waals surface area contributed by atoms with Crippen molar-refractivity contribution in [2.75, 3.05) is 13.2 Å². The fourth-order valence-electron chi connectivity index (χ4n) is 1.73. The van der Waals surface area contributed by atoms with Crippen molar-refractivity contribution in [1.82, 2.24) is 5.32 Å². The van der Waals surface area contributed by atoms with E-state index in [0.717, 1.165) is 28.7 Å². The number of benzene rings is 1. The van der Waals surface area contributed by atoms with Crippen LogP contribution in [-0.4, -0.2) is 19.1 Å². The van der Waals surface area contributed by atoms with Gasteiger partial charge in [0.05, 0.1) is 11.3 Å². The molecule has 0 amide bonds. The molecule has 1 heterocycles. The Kier molecular flexibility index (Phi) is 3.84. The topological polar surface area (TPSA) is 38.3 Å². The summed E-state index contributed by atoms with van der Waals surface area (Å²) in [5.74, 6) is -0.245. The molecule has 0 saturated carbocycles. The molecule has 1 aromatic carbocycles. The normalized spacial score (nSPS) is 15.1. The van der Waals surface area contributed by atoms with E-state index in [9.17, 15) is 4.79 Å². The first-order valence-electron chi connectivity index (χ1n) is 5.62. The molecule has 90 valence electrons. The van der Waals surface area contributed by atoms with Gasteiger partial charge in [0.2, 0.25) is 0 Å². The van der Waals surface area contributed by atoms with Gasteiger partial charge in [0.15, 0.2) is 0 Å². The molecule has 0 fully saturated rings. The summed E-state index contributed by atoms with van der Waals surface area (Å²) in [6.45, 7) is 3.29. The van der Waals surface area contributed by atoms with Crippen LogP contribution >= 0.6 is 15.9 Å². The Morgan fingerprint density at radius 1 is 1.35 bits per heavy atom. The predicted octanol–water partition coefficient (Wildman–Crippen LogP) is 2.72. The standard InChI is InChI=1S/C13H14BrNO2/c1-2-7-15-11-8-17-13(16)12(11)9-3-5-10(14)6-4-9/h3-6,15H,2,7-8H2,1H3. The average molecular weight is 296 g/mol. The van der Waals surface area contributed by atoms with E-state index in [1.165, 1.54) is 0 Å². The molecule has 0 radical (unpaired) electrons. The summed E-state index contributed by atoms with van der Waals surface area (Å²) in [6.07, 6.45) is 1.02. The molecule has 17 heavy (non-hydrogen) atoms. The summed E-state index contributed by atoms with van der Waals surface area (Å²) < 4.78 is 6.07. The highest BCUT2D eigenvalue weighted by Gasteiger charge is 2.25. The fourth-order valence-corrected chi connectivity index (χ4v) is 1.99. The lowest BCUT2D eigenvalue weighted by molar-refractivity contribution is -0.134. The number of cyclic esters (lactones) is 1. The van der Waals surface area contributed by atoms with Crippen LogP contribution < -0.4 is 5.32 Å². The molecule has 0 unspecified atom stereocenters. The average Bonchev–Trinajstić information content (AvgIpc) is 2.69. The zero-order valence-corrected chi connectivity index (χ0v) is 11.2. The van der Waals surface area contributed by atoms with Gasteiger partial charge < -0.3 is 10.1 Å². The quantitative estimate of drug-likeness (QED) is 0.868. The summed E-state index contributed by atoms with van der Waals surface area (Å²) in [5.41, 5.74) is 2.44. The van der Waals surface area contributed by atoms with Crippen molar-refractivity contribution in [2.45, 2.75) is 13.3 Å². The highest BCUT2D eigenvalue weighted by Crippen LogP contribution is 2.25. The first-order chi connectivity index (χ1) is 8.22. The third kappa shape index (κ3) is 2.69. The number of esters is 1. The van der Waals surface area contributed by atoms with Crippen molar-refractivity contribution in [3.05, 3.63) is 40.0 Å². The van der Waals surface area contributed by atoms with Gasteiger partial charge in [-0.2, -0.15) is 0 Å². The molecular weight excluding hydrogens is 282 g/mol. The van der Waals surface area contributed by atoms with Gasteiger partial charge in [0.1, 0.15) is 6.61 Å². The number of rotatable bonds is 4. The van der Waals surface area contributed by atoms with Gasteiger partial charge in [0.25, 0.3) is 0 Å². The largest absolute Gasteiger partial charge is 0.456 e. The van der Waals surface area contributed by atoms with Crippen LogP contribution in [0.2, 0.25) is 0 Å². The molecule has 3 nitrogen and oxygen atoms in total. The Labute approximate surface area is 109 Å². The van der Waals surface area contributed by atoms with E-state index in [1.54, 1.807) is 0 Å². The van der Waals surface area contributed by atoms with Crippen molar-refractivity contribution in [1.29, 1.82) is 0 Å². The maximum absolute atomic E-state index is 11.7. The smallest absolute Gasteiger partial charge is 0.341 e. The molecule has 0 aliphatic carbocycles. The Morgan fingerprint density at radius 2 is 2.06 bits per heavy atom. The zero-order valence-electron chi connectivity index (χ0n) is 9.63. The Bertz CT molecular complexity index is 451. The minimum absolute atomic E-state index is 0.245. The third-order valence-corrected chi connectivity index (χ3v) is 3.10. The van der Waals surface area contributed by atoms with Crippen LogP contribution in [-0.2, 0) is 9.53 Å². The van der Waals surface area contributed by atoms with Crippen LogP contribution in [0, 0.1) is 0 Å². The molecular formula is C13H14BrNO2. The number of carbonyl (C=O) groups excluding carboxylic acids is 1. The van der Waals surface area contributed by atoms with E-state index in [4.69, 9.17) is 4.74 Å². The summed E-state index contributed by atoms with van der Waals surface area (Å²) in [6, 6.07) is 7.68. The molecule has 1 aromatic rings. The van der Waals surface area contributed by atoms with Gasteiger partial charge in [-0.15, -0.1) is 0 Å². The predicted molar refractivity (Wildman–Crippen MR) is 70.3 cm³/mol. The highest BCUT2D eigenvalue weighted by molar-refractivity contribution is 9.10. The van der Waals surface area contributed by atoms with Crippen molar-refractivity contribution in [3.8, 4) is 0 Å². The second kappa shape index (κ2) is 5.36. The van der Waals surface area contributed by atoms with E-state index < -0.39 is 0 Å². The summed E-state index contributed by atoms with van der Waals surface area (Å²) in [7, 11) is 0. The molecule has 2 rings (SSSR count). The molecule has 0 bridgehead atoms. The van der Waals surface area contributed by atoms with Gasteiger partial charge in [-0.05, 0) is 24.1 Å². The molecule has 0 saturated heterocycles. The second-order valence-corrected chi connectivity index (χ2v) is 4.78. The molecule has 1 aliphatic rings. The molecule has 1 N–H and O–H groups in total. The molecule has 0 atom stereocenters. The van der Waals surface area contributed by atoms with E-state index >= 15 is 0 Å². The summed E-state index contributed by atoms with van der Waals surface area (Å²) in [4.78, 5) is 11.7. The van der Waals surface area contributed by atoms with Gasteiger partial charge in [-0.1, -0.05) is 35.0 Å². The molecule has 0 aromatic heterocycles. The van der Waals surface area contributed by atoms with Crippen LogP contribution in [0.5, 0.6) is 0 Å². The van der Waals surface area contributed by atoms with Crippen LogP contribution in [0.15, 0.2) is 34.4 Å². The van der Waals surface area contributed by atoms with Gasteiger partial charge in [-0.3, -0.25) is 0 Å². The SMILES string of the molecule is CCCNC1=C(c2ccc(Br)cc2)C(=O)OC1. The van der Waals surface area contributed by atoms with Crippen molar-refractivity contribution in [2.24, 2.45) is 0 Å². The van der Waals surface area contributed by atoms with E-state index in [2.05, 4.69) is 28.2 Å². The van der Waals surface area contributed by atoms with Crippen molar-refractivity contribution >= 4 is 27.5 Å². The van der Waals surface area contributed by atoms with Crippen molar-refractivity contribution in [3.63, 3.8) is 0 Å². The maximum atomic E-state index is 11.7. The third-order valence-electron chi connectivity index (χ3n) is 2.57.